The van der Waals surface area contributed by atoms with Crippen molar-refractivity contribution in [3.63, 3.8) is 0 Å². The molecule has 1 heterocycles. The smallest absolute Gasteiger partial charge is 0.251 e. The number of hydrogen-bond donors (Lipinski definition) is 2. The molecule has 1 saturated carbocycles. The maximum Gasteiger partial charge on any atom is 0.251 e. The summed E-state index contributed by atoms with van der Waals surface area (Å²) >= 11 is 0. The molecule has 3 rings (SSSR count). The second-order valence-electron chi connectivity index (χ2n) is 6.08. The third-order valence-corrected chi connectivity index (χ3v) is 4.43. The van der Waals surface area contributed by atoms with Crippen LogP contribution in [0, 0.1) is 0 Å². The number of amides is 1. The largest absolute Gasteiger partial charge is 0.348 e. The number of carbonyl (C=O) groups is 1. The zero-order valence-electron chi connectivity index (χ0n) is 12.0. The Hall–Kier alpha value is -1.39. The fourth-order valence-electron chi connectivity index (χ4n) is 3.14. The van der Waals surface area contributed by atoms with E-state index in [1.54, 1.807) is 0 Å². The van der Waals surface area contributed by atoms with Crippen LogP contribution < -0.4 is 11.1 Å². The van der Waals surface area contributed by atoms with Crippen LogP contribution in [0.2, 0.25) is 0 Å². The molecule has 1 saturated heterocycles. The Kier molecular flexibility index (Phi) is 3.76. The van der Waals surface area contributed by atoms with E-state index in [2.05, 4.69) is 17.1 Å². The van der Waals surface area contributed by atoms with Crippen molar-refractivity contribution in [2.45, 2.75) is 50.9 Å². The molecule has 0 aromatic heterocycles. The van der Waals surface area contributed by atoms with Gasteiger partial charge in [0.25, 0.3) is 5.91 Å². The molecular weight excluding hydrogens is 250 g/mol. The molecule has 1 aliphatic carbocycles. The molecule has 1 aliphatic heterocycles. The van der Waals surface area contributed by atoms with E-state index in [-0.39, 0.29) is 11.9 Å². The van der Waals surface area contributed by atoms with Gasteiger partial charge < -0.3 is 11.1 Å². The first-order chi connectivity index (χ1) is 9.67. The highest BCUT2D eigenvalue weighted by Gasteiger charge is 2.39. The number of hydrogen-bond acceptors (Lipinski definition) is 3. The summed E-state index contributed by atoms with van der Waals surface area (Å²) in [6.45, 7) is 3.78. The van der Waals surface area contributed by atoms with Gasteiger partial charge in [0, 0.05) is 36.8 Å². The third-order valence-electron chi connectivity index (χ3n) is 4.43. The van der Waals surface area contributed by atoms with Gasteiger partial charge in [-0.25, -0.2) is 0 Å². The van der Waals surface area contributed by atoms with Crippen LogP contribution in [0.3, 0.4) is 0 Å². The first-order valence-electron chi connectivity index (χ1n) is 7.53. The van der Waals surface area contributed by atoms with Crippen LogP contribution in [-0.2, 0) is 6.54 Å². The lowest BCUT2D eigenvalue weighted by Gasteiger charge is -2.19. The quantitative estimate of drug-likeness (QED) is 0.874. The summed E-state index contributed by atoms with van der Waals surface area (Å²) in [5.41, 5.74) is 7.34. The predicted molar refractivity (Wildman–Crippen MR) is 79.4 cm³/mol. The molecule has 2 fully saturated rings. The highest BCUT2D eigenvalue weighted by molar-refractivity contribution is 5.94. The molecule has 4 heteroatoms. The fourth-order valence-corrected chi connectivity index (χ4v) is 3.14. The molecule has 1 aromatic rings. The number of nitrogens with one attached hydrogen (secondary N) is 1. The highest BCUT2D eigenvalue weighted by Crippen LogP contribution is 2.33. The lowest BCUT2D eigenvalue weighted by molar-refractivity contribution is 0.0937. The van der Waals surface area contributed by atoms with Crippen molar-refractivity contribution >= 4 is 5.91 Å². The van der Waals surface area contributed by atoms with E-state index in [1.807, 2.05) is 24.3 Å². The van der Waals surface area contributed by atoms with E-state index >= 15 is 0 Å². The molecular formula is C16H23N3O. The molecule has 2 aliphatic rings. The summed E-state index contributed by atoms with van der Waals surface area (Å²) < 4.78 is 0. The Morgan fingerprint density at radius 1 is 1.35 bits per heavy atom. The number of likely N-dealkylation sites (tertiary alicyclic amines) is 1. The Bertz CT molecular complexity index is 481. The number of rotatable bonds is 4. The monoisotopic (exact) mass is 273 g/mol. The van der Waals surface area contributed by atoms with E-state index in [0.29, 0.717) is 12.6 Å². The summed E-state index contributed by atoms with van der Waals surface area (Å²) in [6.07, 6.45) is 3.71. The van der Waals surface area contributed by atoms with Crippen molar-refractivity contribution in [2.24, 2.45) is 5.73 Å². The number of nitrogens with two attached hydrogens (primary N) is 1. The van der Waals surface area contributed by atoms with Gasteiger partial charge in [0.15, 0.2) is 0 Å². The van der Waals surface area contributed by atoms with E-state index in [0.717, 1.165) is 30.1 Å². The Balaban J connectivity index is 1.58. The van der Waals surface area contributed by atoms with Crippen LogP contribution in [0.5, 0.6) is 0 Å². The van der Waals surface area contributed by atoms with Crippen LogP contribution in [0.4, 0.5) is 0 Å². The van der Waals surface area contributed by atoms with E-state index in [4.69, 9.17) is 5.73 Å². The van der Waals surface area contributed by atoms with Gasteiger partial charge in [0.2, 0.25) is 0 Å². The average molecular weight is 273 g/mol. The first-order valence-corrected chi connectivity index (χ1v) is 7.53. The number of carbonyl (C=O) groups excluding carboxylic acids is 1. The van der Waals surface area contributed by atoms with E-state index in [1.165, 1.54) is 12.8 Å². The first kappa shape index (κ1) is 13.6. The molecule has 2 atom stereocenters. The Labute approximate surface area is 120 Å². The molecule has 0 spiro atoms. The summed E-state index contributed by atoms with van der Waals surface area (Å²) in [4.78, 5) is 14.8. The summed E-state index contributed by atoms with van der Waals surface area (Å²) in [6, 6.07) is 9.20. The van der Waals surface area contributed by atoms with Gasteiger partial charge in [-0.05, 0) is 43.9 Å². The second kappa shape index (κ2) is 5.54. The lowest BCUT2D eigenvalue weighted by atomic mass is 10.1. The summed E-state index contributed by atoms with van der Waals surface area (Å²) in [5.74, 6) is 0.0309. The standard InChI is InChI=1S/C16H23N3O/c1-11-8-14(10-19(11)15-6-7-15)18-16(20)13-4-2-12(9-17)3-5-13/h2-5,11,14-15H,6-10,17H2,1H3,(H,18,20). The lowest BCUT2D eigenvalue weighted by Crippen LogP contribution is -2.37. The minimum absolute atomic E-state index is 0.0309. The molecule has 20 heavy (non-hydrogen) atoms. The van der Waals surface area contributed by atoms with Gasteiger partial charge in [-0.1, -0.05) is 12.1 Å². The molecule has 4 nitrogen and oxygen atoms in total. The van der Waals surface area contributed by atoms with Crippen molar-refractivity contribution in [2.75, 3.05) is 6.54 Å². The van der Waals surface area contributed by atoms with Crippen molar-refractivity contribution < 1.29 is 4.79 Å². The Morgan fingerprint density at radius 3 is 2.65 bits per heavy atom. The van der Waals surface area contributed by atoms with Gasteiger partial charge >= 0.3 is 0 Å². The number of benzene rings is 1. The normalized spacial score (nSPS) is 26.7. The Morgan fingerprint density at radius 2 is 2.05 bits per heavy atom. The van der Waals surface area contributed by atoms with Crippen molar-refractivity contribution in [3.05, 3.63) is 35.4 Å². The molecule has 0 radical (unpaired) electrons. The zero-order valence-corrected chi connectivity index (χ0v) is 12.0. The molecule has 1 amide bonds. The van der Waals surface area contributed by atoms with Crippen molar-refractivity contribution in [3.8, 4) is 0 Å². The van der Waals surface area contributed by atoms with Gasteiger partial charge in [-0.3, -0.25) is 9.69 Å². The molecule has 3 N–H and O–H groups in total. The van der Waals surface area contributed by atoms with E-state index in [9.17, 15) is 4.79 Å². The van der Waals surface area contributed by atoms with Crippen LogP contribution in [0.1, 0.15) is 42.1 Å². The van der Waals surface area contributed by atoms with Crippen LogP contribution in [0.25, 0.3) is 0 Å². The van der Waals surface area contributed by atoms with Crippen LogP contribution in [-0.4, -0.2) is 35.5 Å². The third kappa shape index (κ3) is 2.86. The van der Waals surface area contributed by atoms with Gasteiger partial charge in [-0.15, -0.1) is 0 Å². The minimum Gasteiger partial charge on any atom is -0.348 e. The van der Waals surface area contributed by atoms with Crippen molar-refractivity contribution in [1.29, 1.82) is 0 Å². The van der Waals surface area contributed by atoms with E-state index < -0.39 is 0 Å². The van der Waals surface area contributed by atoms with Gasteiger partial charge in [0.05, 0.1) is 0 Å². The zero-order chi connectivity index (χ0) is 14.1. The average Bonchev–Trinajstić information content (AvgIpc) is 3.23. The second-order valence-corrected chi connectivity index (χ2v) is 6.08. The fraction of sp³-hybridized carbons (Fsp3) is 0.562. The highest BCUT2D eigenvalue weighted by atomic mass is 16.1. The predicted octanol–water partition coefficient (Wildman–Crippen LogP) is 1.50. The SMILES string of the molecule is CC1CC(NC(=O)c2ccc(CN)cc2)CN1C1CC1. The summed E-state index contributed by atoms with van der Waals surface area (Å²) in [5, 5.41) is 3.16. The molecule has 2 unspecified atom stereocenters. The molecule has 108 valence electrons. The van der Waals surface area contributed by atoms with Crippen molar-refractivity contribution in [1.82, 2.24) is 10.2 Å². The minimum atomic E-state index is 0.0309. The van der Waals surface area contributed by atoms with Crippen LogP contribution >= 0.6 is 0 Å². The molecule has 1 aromatic carbocycles. The molecule has 0 bridgehead atoms. The maximum atomic E-state index is 12.2. The van der Waals surface area contributed by atoms with Crippen LogP contribution in [0.15, 0.2) is 24.3 Å². The van der Waals surface area contributed by atoms with Gasteiger partial charge in [-0.2, -0.15) is 0 Å². The van der Waals surface area contributed by atoms with Gasteiger partial charge in [0.1, 0.15) is 0 Å². The summed E-state index contributed by atoms with van der Waals surface area (Å²) in [7, 11) is 0. The topological polar surface area (TPSA) is 58.4 Å². The number of nitrogens with zero attached hydrogens (tertiary/aromatic N) is 1. The maximum absolute atomic E-state index is 12.2.